The molecule has 3 aliphatic rings. The number of carbonyl (C=O) groups excluding carboxylic acids is 1. The van der Waals surface area contributed by atoms with Gasteiger partial charge in [0.25, 0.3) is 5.91 Å². The highest BCUT2D eigenvalue weighted by molar-refractivity contribution is 7.21. The van der Waals surface area contributed by atoms with Gasteiger partial charge in [-0.05, 0) is 68.0 Å². The summed E-state index contributed by atoms with van der Waals surface area (Å²) < 4.78 is 0. The van der Waals surface area contributed by atoms with Gasteiger partial charge in [-0.25, -0.2) is 4.98 Å². The summed E-state index contributed by atoms with van der Waals surface area (Å²) in [6.07, 6.45) is 4.37. The van der Waals surface area contributed by atoms with Crippen molar-refractivity contribution in [1.29, 1.82) is 0 Å². The van der Waals surface area contributed by atoms with Crippen LogP contribution in [0.25, 0.3) is 10.2 Å². The van der Waals surface area contributed by atoms with Crippen LogP contribution in [0.1, 0.15) is 39.3 Å². The van der Waals surface area contributed by atoms with Crippen LogP contribution in [-0.4, -0.2) is 49.2 Å². The average Bonchev–Trinajstić information content (AvgIpc) is 3.46. The highest BCUT2D eigenvalue weighted by Crippen LogP contribution is 2.35. The van der Waals surface area contributed by atoms with E-state index in [1.54, 1.807) is 0 Å². The molecule has 2 saturated heterocycles. The van der Waals surface area contributed by atoms with Crippen molar-refractivity contribution in [2.24, 2.45) is 0 Å². The lowest BCUT2D eigenvalue weighted by atomic mass is 10.1. The molecule has 0 radical (unpaired) electrons. The standard InChI is InChI=1S/C25H29N5OS/c1-14-3-8-21-22(26-2)23(32-25(21)27-14)24(31)29-19-9-15-4-7-20(11-16(15)10-19)30-12-17-5-6-18(13-30)28-17/h3-4,7-8,11,17-19,26,28H,5-6,9-10,12-13H2,1-2H3,(H,29,31)/t17?,18?,19-/m1/s1. The predicted molar refractivity (Wildman–Crippen MR) is 131 cm³/mol. The van der Waals surface area contributed by atoms with Crippen LogP contribution in [0, 0.1) is 6.92 Å². The molecule has 32 heavy (non-hydrogen) atoms. The van der Waals surface area contributed by atoms with E-state index in [2.05, 4.69) is 44.0 Å². The molecule has 1 amide bonds. The van der Waals surface area contributed by atoms with Crippen LogP contribution in [0.5, 0.6) is 0 Å². The summed E-state index contributed by atoms with van der Waals surface area (Å²) >= 11 is 1.47. The molecule has 0 saturated carbocycles. The minimum absolute atomic E-state index is 0.00767. The number of hydrogen-bond acceptors (Lipinski definition) is 6. The van der Waals surface area contributed by atoms with Crippen LogP contribution in [0.2, 0.25) is 0 Å². The number of aryl methyl sites for hydroxylation is 1. The number of aromatic nitrogens is 1. The third-order valence-electron chi connectivity index (χ3n) is 7.19. The molecule has 1 aliphatic carbocycles. The molecule has 2 aromatic heterocycles. The van der Waals surface area contributed by atoms with Crippen molar-refractivity contribution in [2.45, 2.75) is 50.7 Å². The maximum Gasteiger partial charge on any atom is 0.263 e. The van der Waals surface area contributed by atoms with Gasteiger partial charge in [-0.1, -0.05) is 6.07 Å². The Bertz CT molecular complexity index is 1190. The minimum atomic E-state index is -0.00767. The van der Waals surface area contributed by atoms with E-state index in [1.165, 1.54) is 41.0 Å². The van der Waals surface area contributed by atoms with E-state index in [0.29, 0.717) is 17.0 Å². The number of carbonyl (C=O) groups is 1. The van der Waals surface area contributed by atoms with Crippen molar-refractivity contribution >= 4 is 38.8 Å². The zero-order valence-corrected chi connectivity index (χ0v) is 19.4. The highest BCUT2D eigenvalue weighted by atomic mass is 32.1. The molecule has 1 aromatic carbocycles. The third-order valence-corrected chi connectivity index (χ3v) is 8.29. The molecule has 2 aliphatic heterocycles. The maximum absolute atomic E-state index is 13.2. The number of amides is 1. The molecule has 4 heterocycles. The molecule has 3 aromatic rings. The predicted octanol–water partition coefficient (Wildman–Crippen LogP) is 3.48. The van der Waals surface area contributed by atoms with Gasteiger partial charge in [0, 0.05) is 55.0 Å². The molecule has 6 nitrogen and oxygen atoms in total. The van der Waals surface area contributed by atoms with E-state index in [1.807, 2.05) is 26.1 Å². The Kier molecular flexibility index (Phi) is 4.84. The largest absolute Gasteiger partial charge is 0.386 e. The van der Waals surface area contributed by atoms with E-state index in [-0.39, 0.29) is 11.9 Å². The van der Waals surface area contributed by atoms with Gasteiger partial charge in [0.05, 0.1) is 5.69 Å². The summed E-state index contributed by atoms with van der Waals surface area (Å²) in [6.45, 7) is 4.18. The van der Waals surface area contributed by atoms with Crippen LogP contribution in [0.4, 0.5) is 11.4 Å². The average molecular weight is 448 g/mol. The van der Waals surface area contributed by atoms with E-state index in [9.17, 15) is 4.79 Å². The van der Waals surface area contributed by atoms with Crippen LogP contribution in [0.3, 0.4) is 0 Å². The number of fused-ring (bicyclic) bond motifs is 4. The van der Waals surface area contributed by atoms with Gasteiger partial charge in [0.15, 0.2) is 0 Å². The maximum atomic E-state index is 13.2. The summed E-state index contributed by atoms with van der Waals surface area (Å²) in [7, 11) is 1.87. The lowest BCUT2D eigenvalue weighted by molar-refractivity contribution is 0.0943. The Morgan fingerprint density at radius 3 is 2.69 bits per heavy atom. The number of benzene rings is 1. The Labute approximate surface area is 192 Å². The fourth-order valence-electron chi connectivity index (χ4n) is 5.64. The molecule has 2 bridgehead atoms. The Morgan fingerprint density at radius 2 is 1.91 bits per heavy atom. The zero-order chi connectivity index (χ0) is 21.8. The molecule has 3 N–H and O–H groups in total. The zero-order valence-electron chi connectivity index (χ0n) is 18.6. The fraction of sp³-hybridized carbons (Fsp3) is 0.440. The van der Waals surface area contributed by atoms with Crippen molar-refractivity contribution in [3.63, 3.8) is 0 Å². The van der Waals surface area contributed by atoms with Crippen LogP contribution in [0.15, 0.2) is 30.3 Å². The van der Waals surface area contributed by atoms with Gasteiger partial charge in [-0.15, -0.1) is 11.3 Å². The number of rotatable bonds is 4. The Balaban J connectivity index is 1.18. The molecular formula is C25H29N5OS. The summed E-state index contributed by atoms with van der Waals surface area (Å²) in [5, 5.41) is 11.2. The highest BCUT2D eigenvalue weighted by Gasteiger charge is 2.33. The van der Waals surface area contributed by atoms with Crippen molar-refractivity contribution < 1.29 is 4.79 Å². The van der Waals surface area contributed by atoms with E-state index in [4.69, 9.17) is 0 Å². The van der Waals surface area contributed by atoms with Crippen LogP contribution < -0.4 is 20.9 Å². The van der Waals surface area contributed by atoms with Gasteiger partial charge in [-0.2, -0.15) is 0 Å². The number of piperazine rings is 1. The van der Waals surface area contributed by atoms with Crippen molar-refractivity contribution in [1.82, 2.24) is 15.6 Å². The normalized spacial score (nSPS) is 24.1. The molecule has 6 rings (SSSR count). The molecule has 166 valence electrons. The number of nitrogens with zero attached hydrogens (tertiary/aromatic N) is 2. The second-order valence-electron chi connectivity index (χ2n) is 9.44. The summed E-state index contributed by atoms with van der Waals surface area (Å²) in [4.78, 5) is 22.0. The number of hydrogen-bond donors (Lipinski definition) is 3. The van der Waals surface area contributed by atoms with E-state index in [0.717, 1.165) is 47.5 Å². The van der Waals surface area contributed by atoms with Crippen molar-refractivity contribution in [3.05, 3.63) is 52.0 Å². The number of nitrogens with one attached hydrogen (secondary N) is 3. The first-order valence-corrected chi connectivity index (χ1v) is 12.4. The molecule has 7 heteroatoms. The summed E-state index contributed by atoms with van der Waals surface area (Å²) in [6, 6.07) is 12.3. The second-order valence-corrected chi connectivity index (χ2v) is 10.4. The molecule has 2 fully saturated rings. The fourth-order valence-corrected chi connectivity index (χ4v) is 6.77. The lowest BCUT2D eigenvalue weighted by Gasteiger charge is -2.34. The molecular weight excluding hydrogens is 418 g/mol. The van der Waals surface area contributed by atoms with Crippen molar-refractivity contribution in [2.75, 3.05) is 30.4 Å². The first kappa shape index (κ1) is 20.0. The monoisotopic (exact) mass is 447 g/mol. The minimum Gasteiger partial charge on any atom is -0.386 e. The second kappa shape index (κ2) is 7.74. The van der Waals surface area contributed by atoms with Gasteiger partial charge in [-0.3, -0.25) is 4.79 Å². The first-order valence-electron chi connectivity index (χ1n) is 11.6. The quantitative estimate of drug-likeness (QED) is 0.571. The Morgan fingerprint density at radius 1 is 1.12 bits per heavy atom. The number of anilines is 2. The van der Waals surface area contributed by atoms with Gasteiger partial charge in [0.1, 0.15) is 9.71 Å². The lowest BCUT2D eigenvalue weighted by Crippen LogP contribution is -2.51. The smallest absolute Gasteiger partial charge is 0.263 e. The summed E-state index contributed by atoms with van der Waals surface area (Å²) in [5.74, 6) is -0.00767. The number of thiophene rings is 1. The molecule has 2 unspecified atom stereocenters. The Hall–Kier alpha value is -2.64. The summed E-state index contributed by atoms with van der Waals surface area (Å²) in [5.41, 5.74) is 5.91. The van der Waals surface area contributed by atoms with Gasteiger partial charge in [0.2, 0.25) is 0 Å². The van der Waals surface area contributed by atoms with E-state index >= 15 is 0 Å². The molecule has 3 atom stereocenters. The van der Waals surface area contributed by atoms with Gasteiger partial charge >= 0.3 is 0 Å². The molecule has 0 spiro atoms. The van der Waals surface area contributed by atoms with Gasteiger partial charge < -0.3 is 20.9 Å². The topological polar surface area (TPSA) is 69.3 Å². The number of pyridine rings is 1. The first-order chi connectivity index (χ1) is 15.6. The van der Waals surface area contributed by atoms with Crippen LogP contribution >= 0.6 is 11.3 Å². The SMILES string of the molecule is CNc1c(C(=O)N[C@@H]2Cc3ccc(N4CC5CCC(C4)N5)cc3C2)sc2nc(C)ccc12. The third kappa shape index (κ3) is 3.44. The van der Waals surface area contributed by atoms with E-state index < -0.39 is 0 Å². The van der Waals surface area contributed by atoms with Crippen LogP contribution in [-0.2, 0) is 12.8 Å². The van der Waals surface area contributed by atoms with Crippen molar-refractivity contribution in [3.8, 4) is 0 Å².